The summed E-state index contributed by atoms with van der Waals surface area (Å²) in [4.78, 5) is 12.3. The van der Waals surface area contributed by atoms with Gasteiger partial charge in [0, 0.05) is 24.7 Å². The van der Waals surface area contributed by atoms with Gasteiger partial charge in [0.05, 0.1) is 0 Å². The van der Waals surface area contributed by atoms with Crippen molar-refractivity contribution < 1.29 is 4.79 Å². The standard InChI is InChI=1S/C16H22N2O.ClH/c1-11-3-2-4-15(7-11)18-16(19)12-5-6-13-9-17-10-14(13)8-12;/h5-6,8,11,15,17H,2-4,7,9-10H2,1H3,(H,18,19);1H. The predicted molar refractivity (Wildman–Crippen MR) is 83.1 cm³/mol. The van der Waals surface area contributed by atoms with Crippen LogP contribution in [0.3, 0.4) is 0 Å². The van der Waals surface area contributed by atoms with Gasteiger partial charge in [0.25, 0.3) is 5.91 Å². The first-order valence-electron chi connectivity index (χ1n) is 7.36. The zero-order valence-corrected chi connectivity index (χ0v) is 12.8. The van der Waals surface area contributed by atoms with E-state index in [2.05, 4.69) is 23.6 Å². The lowest BCUT2D eigenvalue weighted by Crippen LogP contribution is -2.38. The molecule has 1 fully saturated rings. The number of halogens is 1. The maximum absolute atomic E-state index is 12.3. The van der Waals surface area contributed by atoms with E-state index in [0.29, 0.717) is 6.04 Å². The van der Waals surface area contributed by atoms with Gasteiger partial charge in [-0.2, -0.15) is 0 Å². The first-order chi connectivity index (χ1) is 9.22. The molecule has 1 heterocycles. The van der Waals surface area contributed by atoms with Gasteiger partial charge in [-0.15, -0.1) is 12.4 Å². The molecular formula is C16H23ClN2O. The Balaban J connectivity index is 0.00000147. The summed E-state index contributed by atoms with van der Waals surface area (Å²) in [6.07, 6.45) is 4.79. The molecule has 1 amide bonds. The van der Waals surface area contributed by atoms with Gasteiger partial charge in [-0.3, -0.25) is 4.79 Å². The fourth-order valence-electron chi connectivity index (χ4n) is 3.27. The number of rotatable bonds is 2. The number of hydrogen-bond donors (Lipinski definition) is 2. The minimum Gasteiger partial charge on any atom is -0.349 e. The molecule has 0 radical (unpaired) electrons. The highest BCUT2D eigenvalue weighted by Crippen LogP contribution is 2.24. The van der Waals surface area contributed by atoms with E-state index < -0.39 is 0 Å². The Labute approximate surface area is 126 Å². The molecule has 3 rings (SSSR count). The zero-order valence-electron chi connectivity index (χ0n) is 11.9. The molecular weight excluding hydrogens is 272 g/mol. The molecule has 2 unspecified atom stereocenters. The summed E-state index contributed by atoms with van der Waals surface area (Å²) in [5, 5.41) is 6.51. The van der Waals surface area contributed by atoms with Crippen LogP contribution in [0.15, 0.2) is 18.2 Å². The summed E-state index contributed by atoms with van der Waals surface area (Å²) in [6.45, 7) is 4.09. The van der Waals surface area contributed by atoms with Crippen molar-refractivity contribution >= 4 is 18.3 Å². The van der Waals surface area contributed by atoms with E-state index in [-0.39, 0.29) is 18.3 Å². The lowest BCUT2D eigenvalue weighted by atomic mass is 9.87. The number of carbonyl (C=O) groups is 1. The molecule has 2 aliphatic rings. The van der Waals surface area contributed by atoms with Crippen molar-refractivity contribution in [3.63, 3.8) is 0 Å². The molecule has 2 atom stereocenters. The second-order valence-electron chi connectivity index (χ2n) is 6.03. The van der Waals surface area contributed by atoms with Crippen molar-refractivity contribution in [1.29, 1.82) is 0 Å². The summed E-state index contributed by atoms with van der Waals surface area (Å²) in [6, 6.07) is 6.43. The van der Waals surface area contributed by atoms with Gasteiger partial charge in [-0.05, 0) is 42.0 Å². The van der Waals surface area contributed by atoms with Crippen molar-refractivity contribution in [2.24, 2.45) is 5.92 Å². The average Bonchev–Trinajstić information content (AvgIpc) is 2.85. The van der Waals surface area contributed by atoms with Crippen molar-refractivity contribution in [2.45, 2.75) is 51.7 Å². The van der Waals surface area contributed by atoms with E-state index >= 15 is 0 Å². The van der Waals surface area contributed by atoms with Crippen LogP contribution in [0.2, 0.25) is 0 Å². The monoisotopic (exact) mass is 294 g/mol. The number of amides is 1. The largest absolute Gasteiger partial charge is 0.349 e. The number of benzene rings is 1. The van der Waals surface area contributed by atoms with Crippen molar-refractivity contribution in [3.05, 3.63) is 34.9 Å². The molecule has 1 saturated carbocycles. The molecule has 3 nitrogen and oxygen atoms in total. The van der Waals surface area contributed by atoms with Crippen LogP contribution in [0, 0.1) is 5.92 Å². The zero-order chi connectivity index (χ0) is 13.2. The summed E-state index contributed by atoms with van der Waals surface area (Å²) < 4.78 is 0. The molecule has 0 saturated heterocycles. The minimum atomic E-state index is 0. The molecule has 1 aliphatic heterocycles. The fraction of sp³-hybridized carbons (Fsp3) is 0.562. The first kappa shape index (κ1) is 15.3. The highest BCUT2D eigenvalue weighted by molar-refractivity contribution is 5.94. The molecule has 0 aromatic heterocycles. The Hall–Kier alpha value is -1.06. The van der Waals surface area contributed by atoms with E-state index in [0.717, 1.165) is 37.4 Å². The molecule has 0 bridgehead atoms. The minimum absolute atomic E-state index is 0. The first-order valence-corrected chi connectivity index (χ1v) is 7.36. The number of hydrogen-bond acceptors (Lipinski definition) is 2. The summed E-state index contributed by atoms with van der Waals surface area (Å²) in [7, 11) is 0. The van der Waals surface area contributed by atoms with Gasteiger partial charge in [0.1, 0.15) is 0 Å². The molecule has 0 spiro atoms. The molecule has 4 heteroatoms. The molecule has 1 aliphatic carbocycles. The third-order valence-corrected chi connectivity index (χ3v) is 4.37. The lowest BCUT2D eigenvalue weighted by Gasteiger charge is -2.27. The average molecular weight is 295 g/mol. The van der Waals surface area contributed by atoms with Crippen LogP contribution in [0.1, 0.15) is 54.1 Å². The third kappa shape index (κ3) is 3.33. The Morgan fingerprint density at radius 2 is 2.05 bits per heavy atom. The summed E-state index contributed by atoms with van der Waals surface area (Å²) >= 11 is 0. The van der Waals surface area contributed by atoms with E-state index in [4.69, 9.17) is 0 Å². The van der Waals surface area contributed by atoms with Crippen LogP contribution >= 0.6 is 12.4 Å². The van der Waals surface area contributed by atoms with E-state index in [1.54, 1.807) is 0 Å². The van der Waals surface area contributed by atoms with E-state index in [9.17, 15) is 4.79 Å². The number of fused-ring (bicyclic) bond motifs is 1. The van der Waals surface area contributed by atoms with Crippen molar-refractivity contribution in [1.82, 2.24) is 10.6 Å². The second kappa shape index (κ2) is 6.59. The van der Waals surface area contributed by atoms with Gasteiger partial charge in [0.15, 0.2) is 0 Å². The quantitative estimate of drug-likeness (QED) is 0.880. The Bertz CT molecular complexity index is 489. The number of nitrogens with one attached hydrogen (secondary N) is 2. The molecule has 1 aromatic rings. The molecule has 2 N–H and O–H groups in total. The molecule has 110 valence electrons. The van der Waals surface area contributed by atoms with Crippen LogP contribution < -0.4 is 10.6 Å². The third-order valence-electron chi connectivity index (χ3n) is 4.37. The normalized spacial score (nSPS) is 24.6. The van der Waals surface area contributed by atoms with Crippen LogP contribution in [0.5, 0.6) is 0 Å². The van der Waals surface area contributed by atoms with Crippen LogP contribution in [-0.4, -0.2) is 11.9 Å². The maximum atomic E-state index is 12.3. The van der Waals surface area contributed by atoms with Gasteiger partial charge >= 0.3 is 0 Å². The highest BCUT2D eigenvalue weighted by atomic mass is 35.5. The topological polar surface area (TPSA) is 41.1 Å². The second-order valence-corrected chi connectivity index (χ2v) is 6.03. The maximum Gasteiger partial charge on any atom is 0.251 e. The number of carbonyl (C=O) groups excluding carboxylic acids is 1. The van der Waals surface area contributed by atoms with Crippen molar-refractivity contribution in [2.75, 3.05) is 0 Å². The van der Waals surface area contributed by atoms with E-state index in [1.165, 1.54) is 24.0 Å². The van der Waals surface area contributed by atoms with Crippen LogP contribution in [0.4, 0.5) is 0 Å². The van der Waals surface area contributed by atoms with E-state index in [1.807, 2.05) is 12.1 Å². The Morgan fingerprint density at radius 1 is 1.25 bits per heavy atom. The summed E-state index contributed by atoms with van der Waals surface area (Å²) in [5.74, 6) is 0.831. The predicted octanol–water partition coefficient (Wildman–Crippen LogP) is 3.02. The van der Waals surface area contributed by atoms with Gasteiger partial charge in [-0.25, -0.2) is 0 Å². The van der Waals surface area contributed by atoms with Gasteiger partial charge in [-0.1, -0.05) is 25.8 Å². The van der Waals surface area contributed by atoms with Gasteiger partial charge < -0.3 is 10.6 Å². The van der Waals surface area contributed by atoms with Crippen molar-refractivity contribution in [3.8, 4) is 0 Å². The molecule has 20 heavy (non-hydrogen) atoms. The SMILES string of the molecule is CC1CCCC(NC(=O)c2ccc3c(c2)CNC3)C1.Cl. The fourth-order valence-corrected chi connectivity index (χ4v) is 3.27. The smallest absolute Gasteiger partial charge is 0.251 e. The summed E-state index contributed by atoms with van der Waals surface area (Å²) in [5.41, 5.74) is 3.40. The Morgan fingerprint density at radius 3 is 2.85 bits per heavy atom. The van der Waals surface area contributed by atoms with Crippen LogP contribution in [-0.2, 0) is 13.1 Å². The lowest BCUT2D eigenvalue weighted by molar-refractivity contribution is 0.0921. The highest BCUT2D eigenvalue weighted by Gasteiger charge is 2.21. The Kier molecular flexibility index (Phi) is 5.06. The molecule has 1 aromatic carbocycles. The van der Waals surface area contributed by atoms with Gasteiger partial charge in [0.2, 0.25) is 0 Å². The van der Waals surface area contributed by atoms with Crippen LogP contribution in [0.25, 0.3) is 0 Å².